The van der Waals surface area contributed by atoms with Crippen LogP contribution >= 0.6 is 0 Å². The number of amides is 2. The molecule has 98 valence electrons. The molecule has 0 unspecified atom stereocenters. The molecule has 5 nitrogen and oxygen atoms in total. The molecule has 0 radical (unpaired) electrons. The largest absolute Gasteiger partial charge is 0.495 e. The molecule has 0 spiro atoms. The molecule has 1 saturated carbocycles. The van der Waals surface area contributed by atoms with E-state index in [1.54, 1.807) is 24.1 Å². The van der Waals surface area contributed by atoms with Gasteiger partial charge in [0, 0.05) is 12.6 Å². The number of methoxy groups -OCH3 is 1. The minimum Gasteiger partial charge on any atom is -0.495 e. The van der Waals surface area contributed by atoms with Crippen molar-refractivity contribution in [3.05, 3.63) is 24.3 Å². The van der Waals surface area contributed by atoms with Gasteiger partial charge in [0.05, 0.1) is 19.4 Å². The number of aliphatic hydroxyl groups excluding tert-OH is 1. The topological polar surface area (TPSA) is 61.8 Å². The second-order valence-corrected chi connectivity index (χ2v) is 4.28. The third-order valence-electron chi connectivity index (χ3n) is 2.94. The Kier molecular flexibility index (Phi) is 4.04. The Balaban J connectivity index is 2.04. The Morgan fingerprint density at radius 2 is 2.22 bits per heavy atom. The van der Waals surface area contributed by atoms with E-state index in [4.69, 9.17) is 9.84 Å². The van der Waals surface area contributed by atoms with E-state index in [-0.39, 0.29) is 18.7 Å². The molecule has 2 amide bonds. The minimum absolute atomic E-state index is 0.0180. The van der Waals surface area contributed by atoms with Gasteiger partial charge in [0.2, 0.25) is 0 Å². The molecule has 0 atom stereocenters. The van der Waals surface area contributed by atoms with Crippen LogP contribution in [-0.2, 0) is 0 Å². The summed E-state index contributed by atoms with van der Waals surface area (Å²) in [6.07, 6.45) is 2.03. The summed E-state index contributed by atoms with van der Waals surface area (Å²) in [4.78, 5) is 13.8. The fraction of sp³-hybridized carbons (Fsp3) is 0.462. The van der Waals surface area contributed by atoms with Crippen LogP contribution < -0.4 is 10.1 Å². The number of nitrogens with one attached hydrogen (secondary N) is 1. The molecule has 5 heteroatoms. The first-order valence-electron chi connectivity index (χ1n) is 6.07. The zero-order valence-corrected chi connectivity index (χ0v) is 10.4. The van der Waals surface area contributed by atoms with E-state index < -0.39 is 0 Å². The van der Waals surface area contributed by atoms with Crippen molar-refractivity contribution in [2.24, 2.45) is 0 Å². The first-order valence-corrected chi connectivity index (χ1v) is 6.07. The summed E-state index contributed by atoms with van der Waals surface area (Å²) >= 11 is 0. The predicted molar refractivity (Wildman–Crippen MR) is 68.8 cm³/mol. The molecule has 1 aliphatic rings. The highest BCUT2D eigenvalue weighted by Gasteiger charge is 2.32. The van der Waals surface area contributed by atoms with Crippen molar-refractivity contribution in [2.75, 3.05) is 25.6 Å². The number of carbonyl (C=O) groups is 1. The van der Waals surface area contributed by atoms with Crippen molar-refractivity contribution in [1.82, 2.24) is 4.90 Å². The third kappa shape index (κ3) is 2.92. The third-order valence-corrected chi connectivity index (χ3v) is 2.94. The maximum atomic E-state index is 12.1. The van der Waals surface area contributed by atoms with Crippen LogP contribution in [0.25, 0.3) is 0 Å². The van der Waals surface area contributed by atoms with Crippen LogP contribution in [0.3, 0.4) is 0 Å². The number of benzene rings is 1. The van der Waals surface area contributed by atoms with Crippen molar-refractivity contribution in [3.63, 3.8) is 0 Å². The molecule has 0 heterocycles. The van der Waals surface area contributed by atoms with Gasteiger partial charge in [-0.1, -0.05) is 12.1 Å². The molecule has 1 fully saturated rings. The number of para-hydroxylation sites is 2. The van der Waals surface area contributed by atoms with Crippen molar-refractivity contribution >= 4 is 11.7 Å². The van der Waals surface area contributed by atoms with Crippen molar-refractivity contribution in [1.29, 1.82) is 0 Å². The summed E-state index contributed by atoms with van der Waals surface area (Å²) in [5.74, 6) is 0.630. The summed E-state index contributed by atoms with van der Waals surface area (Å²) in [6.45, 7) is 0.349. The predicted octanol–water partition coefficient (Wildman–Crippen LogP) is 1.68. The van der Waals surface area contributed by atoms with Gasteiger partial charge in [-0.05, 0) is 25.0 Å². The van der Waals surface area contributed by atoms with Crippen LogP contribution in [-0.4, -0.2) is 42.3 Å². The van der Waals surface area contributed by atoms with Gasteiger partial charge in [-0.2, -0.15) is 0 Å². The maximum Gasteiger partial charge on any atom is 0.322 e. The van der Waals surface area contributed by atoms with Crippen molar-refractivity contribution in [3.8, 4) is 5.75 Å². The number of nitrogens with zero attached hydrogens (tertiary/aromatic N) is 1. The molecule has 2 rings (SSSR count). The Labute approximate surface area is 106 Å². The molecule has 1 aliphatic carbocycles. The number of ether oxygens (including phenoxy) is 1. The number of urea groups is 1. The van der Waals surface area contributed by atoms with E-state index >= 15 is 0 Å². The molecule has 1 aromatic carbocycles. The molecule has 2 N–H and O–H groups in total. The summed E-state index contributed by atoms with van der Waals surface area (Å²) in [6, 6.07) is 7.36. The van der Waals surface area contributed by atoms with Crippen LogP contribution in [0.5, 0.6) is 5.75 Å². The number of carbonyl (C=O) groups excluding carboxylic acids is 1. The van der Waals surface area contributed by atoms with E-state index in [9.17, 15) is 4.79 Å². The fourth-order valence-corrected chi connectivity index (χ4v) is 1.88. The monoisotopic (exact) mass is 250 g/mol. The highest BCUT2D eigenvalue weighted by atomic mass is 16.5. The molecular formula is C13H18N2O3. The summed E-state index contributed by atoms with van der Waals surface area (Å²) in [5.41, 5.74) is 0.647. The minimum atomic E-state index is -0.184. The van der Waals surface area contributed by atoms with Gasteiger partial charge in [-0.3, -0.25) is 0 Å². The molecular weight excluding hydrogens is 232 g/mol. The van der Waals surface area contributed by atoms with Crippen LogP contribution in [0.1, 0.15) is 12.8 Å². The van der Waals surface area contributed by atoms with Crippen LogP contribution in [0.15, 0.2) is 24.3 Å². The SMILES string of the molecule is COc1ccccc1NC(=O)N(CCO)C1CC1. The van der Waals surface area contributed by atoms with Gasteiger partial charge in [-0.15, -0.1) is 0 Å². The second-order valence-electron chi connectivity index (χ2n) is 4.28. The smallest absolute Gasteiger partial charge is 0.322 e. The summed E-state index contributed by atoms with van der Waals surface area (Å²) in [7, 11) is 1.57. The van der Waals surface area contributed by atoms with E-state index in [1.807, 2.05) is 12.1 Å². The number of anilines is 1. The van der Waals surface area contributed by atoms with Crippen molar-refractivity contribution < 1.29 is 14.6 Å². The zero-order chi connectivity index (χ0) is 13.0. The van der Waals surface area contributed by atoms with Gasteiger partial charge in [-0.25, -0.2) is 4.79 Å². The van der Waals surface area contributed by atoms with Crippen LogP contribution in [0.4, 0.5) is 10.5 Å². The molecule has 0 bridgehead atoms. The van der Waals surface area contributed by atoms with Gasteiger partial charge in [0.25, 0.3) is 0 Å². The maximum absolute atomic E-state index is 12.1. The Morgan fingerprint density at radius 1 is 1.50 bits per heavy atom. The number of aliphatic hydroxyl groups is 1. The number of hydrogen-bond acceptors (Lipinski definition) is 3. The number of rotatable bonds is 5. The van der Waals surface area contributed by atoms with E-state index in [1.165, 1.54) is 0 Å². The average Bonchev–Trinajstić information content (AvgIpc) is 3.20. The highest BCUT2D eigenvalue weighted by molar-refractivity contribution is 5.91. The van der Waals surface area contributed by atoms with Gasteiger partial charge >= 0.3 is 6.03 Å². The Morgan fingerprint density at radius 3 is 2.83 bits per heavy atom. The second kappa shape index (κ2) is 5.73. The number of hydrogen-bond donors (Lipinski definition) is 2. The lowest BCUT2D eigenvalue weighted by Gasteiger charge is -2.22. The van der Waals surface area contributed by atoms with Gasteiger partial charge < -0.3 is 20.1 Å². The normalized spacial score (nSPS) is 14.1. The average molecular weight is 250 g/mol. The van der Waals surface area contributed by atoms with E-state index in [0.29, 0.717) is 18.0 Å². The standard InChI is InChI=1S/C13H18N2O3/c1-18-12-5-3-2-4-11(12)14-13(17)15(8-9-16)10-6-7-10/h2-5,10,16H,6-9H2,1H3,(H,14,17). The first-order chi connectivity index (χ1) is 8.76. The molecule has 18 heavy (non-hydrogen) atoms. The highest BCUT2D eigenvalue weighted by Crippen LogP contribution is 2.28. The molecule has 0 saturated heterocycles. The van der Waals surface area contributed by atoms with E-state index in [0.717, 1.165) is 12.8 Å². The van der Waals surface area contributed by atoms with Crippen LogP contribution in [0.2, 0.25) is 0 Å². The lowest BCUT2D eigenvalue weighted by atomic mass is 10.3. The Bertz CT molecular complexity index is 418. The van der Waals surface area contributed by atoms with Gasteiger partial charge in [0.15, 0.2) is 0 Å². The first kappa shape index (κ1) is 12.7. The molecule has 0 aliphatic heterocycles. The lowest BCUT2D eigenvalue weighted by Crippen LogP contribution is -2.38. The van der Waals surface area contributed by atoms with Crippen LogP contribution in [0, 0.1) is 0 Å². The fourth-order valence-electron chi connectivity index (χ4n) is 1.88. The quantitative estimate of drug-likeness (QED) is 0.835. The summed E-state index contributed by atoms with van der Waals surface area (Å²) in [5, 5.41) is 11.8. The molecule has 1 aromatic rings. The molecule has 0 aromatic heterocycles. The zero-order valence-electron chi connectivity index (χ0n) is 10.4. The van der Waals surface area contributed by atoms with Crippen molar-refractivity contribution in [2.45, 2.75) is 18.9 Å². The summed E-state index contributed by atoms with van der Waals surface area (Å²) < 4.78 is 5.18. The Hall–Kier alpha value is -1.75. The lowest BCUT2D eigenvalue weighted by molar-refractivity contribution is 0.185. The van der Waals surface area contributed by atoms with E-state index in [2.05, 4.69) is 5.32 Å². The van der Waals surface area contributed by atoms with Gasteiger partial charge in [0.1, 0.15) is 5.75 Å².